The third-order valence-electron chi connectivity index (χ3n) is 3.68. The molecule has 94 valence electrons. The monoisotopic (exact) mass is 228 g/mol. The van der Waals surface area contributed by atoms with Crippen LogP contribution in [0, 0.1) is 0 Å². The van der Waals surface area contributed by atoms with E-state index in [-0.39, 0.29) is 6.42 Å². The molecule has 0 heterocycles. The van der Waals surface area contributed by atoms with Crippen LogP contribution >= 0.6 is 0 Å². The van der Waals surface area contributed by atoms with E-state index in [0.29, 0.717) is 5.54 Å². The van der Waals surface area contributed by atoms with E-state index in [1.807, 2.05) is 0 Å². The second-order valence-corrected chi connectivity index (χ2v) is 5.00. The Bertz CT molecular complexity index is 223. The van der Waals surface area contributed by atoms with Gasteiger partial charge in [0.1, 0.15) is 0 Å². The van der Waals surface area contributed by atoms with Crippen molar-refractivity contribution in [2.45, 2.75) is 44.1 Å². The summed E-state index contributed by atoms with van der Waals surface area (Å²) in [5.74, 6) is -0.704. The van der Waals surface area contributed by atoms with Gasteiger partial charge in [0.15, 0.2) is 0 Å². The summed E-state index contributed by atoms with van der Waals surface area (Å²) >= 11 is 0. The molecule has 1 rings (SSSR count). The van der Waals surface area contributed by atoms with E-state index in [4.69, 9.17) is 5.11 Å². The van der Waals surface area contributed by atoms with Crippen molar-refractivity contribution in [3.05, 3.63) is 0 Å². The summed E-state index contributed by atoms with van der Waals surface area (Å²) in [5.41, 5.74) is 0.309. The van der Waals surface area contributed by atoms with E-state index in [1.54, 1.807) is 0 Å². The highest BCUT2D eigenvalue weighted by atomic mass is 16.4. The molecular weight excluding hydrogens is 204 g/mol. The fourth-order valence-electron chi connectivity index (χ4n) is 2.50. The van der Waals surface area contributed by atoms with Crippen molar-refractivity contribution in [1.82, 2.24) is 10.2 Å². The SMILES string of the molecule is CN(C)C1(CNCCCC(=O)O)CCCC1. The van der Waals surface area contributed by atoms with Crippen LogP contribution in [0.1, 0.15) is 38.5 Å². The number of carboxylic acid groups (broad SMARTS) is 1. The van der Waals surface area contributed by atoms with Crippen molar-refractivity contribution in [2.24, 2.45) is 0 Å². The van der Waals surface area contributed by atoms with Crippen molar-refractivity contribution in [3.63, 3.8) is 0 Å². The van der Waals surface area contributed by atoms with Gasteiger partial charge in [-0.05, 0) is 39.9 Å². The summed E-state index contributed by atoms with van der Waals surface area (Å²) in [6, 6.07) is 0. The molecule has 1 fully saturated rings. The van der Waals surface area contributed by atoms with Gasteiger partial charge in [-0.15, -0.1) is 0 Å². The summed E-state index contributed by atoms with van der Waals surface area (Å²) < 4.78 is 0. The number of aliphatic carboxylic acids is 1. The fraction of sp³-hybridized carbons (Fsp3) is 0.917. The molecule has 0 aromatic heterocycles. The molecule has 4 nitrogen and oxygen atoms in total. The Hall–Kier alpha value is -0.610. The van der Waals surface area contributed by atoms with Gasteiger partial charge in [0.25, 0.3) is 0 Å². The van der Waals surface area contributed by atoms with E-state index in [9.17, 15) is 4.79 Å². The molecule has 1 aliphatic carbocycles. The molecule has 4 heteroatoms. The van der Waals surface area contributed by atoms with Crippen LogP contribution in [-0.4, -0.2) is 48.7 Å². The number of hydrogen-bond donors (Lipinski definition) is 2. The lowest BCUT2D eigenvalue weighted by Gasteiger charge is -2.36. The second kappa shape index (κ2) is 6.21. The van der Waals surface area contributed by atoms with Gasteiger partial charge >= 0.3 is 5.97 Å². The average molecular weight is 228 g/mol. The first kappa shape index (κ1) is 13.5. The molecular formula is C12H24N2O2. The molecule has 0 aromatic carbocycles. The minimum absolute atomic E-state index is 0.266. The second-order valence-electron chi connectivity index (χ2n) is 5.00. The number of carboxylic acids is 1. The molecule has 1 saturated carbocycles. The van der Waals surface area contributed by atoms with Crippen LogP contribution in [0.15, 0.2) is 0 Å². The number of carbonyl (C=O) groups is 1. The Morgan fingerprint density at radius 1 is 1.38 bits per heavy atom. The maximum atomic E-state index is 10.4. The van der Waals surface area contributed by atoms with E-state index in [1.165, 1.54) is 25.7 Å². The first-order valence-electron chi connectivity index (χ1n) is 6.17. The van der Waals surface area contributed by atoms with Gasteiger partial charge in [0, 0.05) is 18.5 Å². The van der Waals surface area contributed by atoms with Crippen LogP contribution in [0.4, 0.5) is 0 Å². The quantitative estimate of drug-likeness (QED) is 0.645. The van der Waals surface area contributed by atoms with Crippen molar-refractivity contribution in [3.8, 4) is 0 Å². The lowest BCUT2D eigenvalue weighted by molar-refractivity contribution is -0.137. The van der Waals surface area contributed by atoms with Gasteiger partial charge in [-0.25, -0.2) is 0 Å². The Morgan fingerprint density at radius 2 is 2.00 bits per heavy atom. The molecule has 0 saturated heterocycles. The third kappa shape index (κ3) is 3.76. The molecule has 0 aliphatic heterocycles. The number of hydrogen-bond acceptors (Lipinski definition) is 3. The molecule has 0 unspecified atom stereocenters. The molecule has 0 bridgehead atoms. The Morgan fingerprint density at radius 3 is 2.50 bits per heavy atom. The van der Waals surface area contributed by atoms with Crippen LogP contribution in [0.5, 0.6) is 0 Å². The van der Waals surface area contributed by atoms with Crippen LogP contribution in [0.3, 0.4) is 0 Å². The summed E-state index contributed by atoms with van der Waals surface area (Å²) in [5, 5.41) is 11.9. The number of nitrogens with zero attached hydrogens (tertiary/aromatic N) is 1. The molecule has 16 heavy (non-hydrogen) atoms. The zero-order valence-corrected chi connectivity index (χ0v) is 10.5. The van der Waals surface area contributed by atoms with Crippen molar-refractivity contribution < 1.29 is 9.90 Å². The highest BCUT2D eigenvalue weighted by molar-refractivity contribution is 5.66. The Balaban J connectivity index is 2.21. The van der Waals surface area contributed by atoms with E-state index >= 15 is 0 Å². The topological polar surface area (TPSA) is 52.6 Å². The summed E-state index contributed by atoms with van der Waals surface area (Å²) in [6.45, 7) is 1.79. The first-order valence-corrected chi connectivity index (χ1v) is 6.17. The largest absolute Gasteiger partial charge is 0.481 e. The zero-order valence-electron chi connectivity index (χ0n) is 10.5. The normalized spacial score (nSPS) is 19.2. The minimum Gasteiger partial charge on any atom is -0.481 e. The fourth-order valence-corrected chi connectivity index (χ4v) is 2.50. The van der Waals surface area contributed by atoms with E-state index in [0.717, 1.165) is 19.5 Å². The minimum atomic E-state index is -0.704. The summed E-state index contributed by atoms with van der Waals surface area (Å²) in [7, 11) is 4.29. The van der Waals surface area contributed by atoms with Crippen LogP contribution in [0.25, 0.3) is 0 Å². The Kier molecular flexibility index (Phi) is 5.22. The van der Waals surface area contributed by atoms with Crippen molar-refractivity contribution in [2.75, 3.05) is 27.2 Å². The smallest absolute Gasteiger partial charge is 0.303 e. The number of rotatable bonds is 7. The maximum absolute atomic E-state index is 10.4. The van der Waals surface area contributed by atoms with Crippen LogP contribution in [0.2, 0.25) is 0 Å². The first-order chi connectivity index (χ1) is 7.57. The molecule has 0 spiro atoms. The molecule has 0 aromatic rings. The van der Waals surface area contributed by atoms with Crippen LogP contribution < -0.4 is 5.32 Å². The van der Waals surface area contributed by atoms with Gasteiger partial charge in [0.05, 0.1) is 0 Å². The molecule has 2 N–H and O–H groups in total. The average Bonchev–Trinajstić information content (AvgIpc) is 2.66. The van der Waals surface area contributed by atoms with Gasteiger partial charge in [-0.3, -0.25) is 4.79 Å². The lowest BCUT2D eigenvalue weighted by atomic mass is 9.96. The van der Waals surface area contributed by atoms with Crippen molar-refractivity contribution >= 4 is 5.97 Å². The molecule has 0 radical (unpaired) electrons. The van der Waals surface area contributed by atoms with E-state index in [2.05, 4.69) is 24.3 Å². The number of nitrogens with one attached hydrogen (secondary N) is 1. The van der Waals surface area contributed by atoms with Gasteiger partial charge in [-0.1, -0.05) is 12.8 Å². The van der Waals surface area contributed by atoms with Crippen molar-refractivity contribution in [1.29, 1.82) is 0 Å². The van der Waals surface area contributed by atoms with Crippen LogP contribution in [-0.2, 0) is 4.79 Å². The third-order valence-corrected chi connectivity index (χ3v) is 3.68. The Labute approximate surface area is 98.0 Å². The lowest BCUT2D eigenvalue weighted by Crippen LogP contribution is -2.49. The zero-order chi connectivity index (χ0) is 12.0. The highest BCUT2D eigenvalue weighted by Crippen LogP contribution is 2.32. The van der Waals surface area contributed by atoms with Gasteiger partial charge in [0.2, 0.25) is 0 Å². The maximum Gasteiger partial charge on any atom is 0.303 e. The van der Waals surface area contributed by atoms with E-state index < -0.39 is 5.97 Å². The molecule has 0 atom stereocenters. The number of likely N-dealkylation sites (N-methyl/N-ethyl adjacent to an activating group) is 1. The highest BCUT2D eigenvalue weighted by Gasteiger charge is 2.35. The summed E-state index contributed by atoms with van der Waals surface area (Å²) in [6.07, 6.45) is 6.13. The standard InChI is InChI=1S/C12H24N2O2/c1-14(2)12(7-3-4-8-12)10-13-9-5-6-11(15)16/h13H,3-10H2,1-2H3,(H,15,16). The molecule has 1 aliphatic rings. The van der Waals surface area contributed by atoms with Gasteiger partial charge < -0.3 is 15.3 Å². The molecule has 0 amide bonds. The predicted molar refractivity (Wildman–Crippen MR) is 64.6 cm³/mol. The van der Waals surface area contributed by atoms with Gasteiger partial charge in [-0.2, -0.15) is 0 Å². The summed E-state index contributed by atoms with van der Waals surface area (Å²) in [4.78, 5) is 12.7. The predicted octanol–water partition coefficient (Wildman–Crippen LogP) is 1.32.